The van der Waals surface area contributed by atoms with Crippen molar-refractivity contribution in [2.24, 2.45) is 23.7 Å². The predicted octanol–water partition coefficient (Wildman–Crippen LogP) is 5.20. The number of carbonyl (C=O) groups is 2. The van der Waals surface area contributed by atoms with E-state index in [1.807, 2.05) is 30.3 Å². The Bertz CT molecular complexity index is 733. The highest BCUT2D eigenvalue weighted by Crippen LogP contribution is 2.48. The third kappa shape index (κ3) is 4.48. The van der Waals surface area contributed by atoms with E-state index in [1.165, 1.54) is 0 Å². The fourth-order valence-corrected chi connectivity index (χ4v) is 4.50. The van der Waals surface area contributed by atoms with Crippen LogP contribution in [0.15, 0.2) is 41.7 Å². The summed E-state index contributed by atoms with van der Waals surface area (Å²) in [6.07, 6.45) is 2.68. The summed E-state index contributed by atoms with van der Waals surface area (Å²) in [6, 6.07) is 9.66. The maximum Gasteiger partial charge on any atom is 0.339 e. The van der Waals surface area contributed by atoms with Crippen LogP contribution >= 0.6 is 0 Å². The zero-order valence-electron chi connectivity index (χ0n) is 17.4. The molecule has 1 fully saturated rings. The van der Waals surface area contributed by atoms with Crippen LogP contribution in [0.3, 0.4) is 0 Å². The first kappa shape index (κ1) is 20.6. The van der Waals surface area contributed by atoms with Gasteiger partial charge in [0.05, 0.1) is 5.57 Å². The molecule has 2 unspecified atom stereocenters. The number of ketones is 1. The van der Waals surface area contributed by atoms with Crippen LogP contribution in [0, 0.1) is 23.7 Å². The lowest BCUT2D eigenvalue weighted by Crippen LogP contribution is -2.42. The molecule has 1 heterocycles. The fraction of sp³-hybridized carbons (Fsp3) is 0.583. The third-order valence-electron chi connectivity index (χ3n) is 5.74. The lowest BCUT2D eigenvalue weighted by Gasteiger charge is -2.33. The van der Waals surface area contributed by atoms with Gasteiger partial charge in [0.2, 0.25) is 5.78 Å². The van der Waals surface area contributed by atoms with E-state index in [-0.39, 0.29) is 29.1 Å². The molecule has 0 spiro atoms. The van der Waals surface area contributed by atoms with E-state index in [0.717, 1.165) is 31.2 Å². The predicted molar refractivity (Wildman–Crippen MR) is 109 cm³/mol. The lowest BCUT2D eigenvalue weighted by molar-refractivity contribution is -0.159. The number of benzene rings is 1. The number of hydrogen-bond donors (Lipinski definition) is 1. The summed E-state index contributed by atoms with van der Waals surface area (Å²) in [5.74, 6) is -0.637. The van der Waals surface area contributed by atoms with E-state index in [0.29, 0.717) is 11.8 Å². The van der Waals surface area contributed by atoms with Gasteiger partial charge < -0.3 is 9.84 Å². The van der Waals surface area contributed by atoms with E-state index in [4.69, 9.17) is 4.74 Å². The van der Waals surface area contributed by atoms with Gasteiger partial charge in [-0.1, -0.05) is 58.0 Å². The maximum atomic E-state index is 13.1. The van der Waals surface area contributed by atoms with Crippen LogP contribution in [0.5, 0.6) is 0 Å². The Labute approximate surface area is 168 Å². The monoisotopic (exact) mass is 384 g/mol. The number of Topliss-reactive ketones (excluding diaryl/α,β-unsaturated/α-hetero) is 1. The number of rotatable bonds is 8. The van der Waals surface area contributed by atoms with Gasteiger partial charge in [-0.3, -0.25) is 4.79 Å². The number of carbonyl (C=O) groups excluding carboxylic acids is 2. The van der Waals surface area contributed by atoms with Crippen LogP contribution in [0.1, 0.15) is 64.9 Å². The number of esters is 1. The molecule has 0 radical (unpaired) electrons. The number of ether oxygens (including phenoxy) is 1. The van der Waals surface area contributed by atoms with Gasteiger partial charge in [-0.2, -0.15) is 0 Å². The van der Waals surface area contributed by atoms with Gasteiger partial charge in [-0.25, -0.2) is 4.79 Å². The second-order valence-corrected chi connectivity index (χ2v) is 9.20. The van der Waals surface area contributed by atoms with Crippen molar-refractivity contribution >= 4 is 11.8 Å². The minimum Gasteiger partial charge on any atom is -0.504 e. The molecule has 2 atom stereocenters. The van der Waals surface area contributed by atoms with Crippen molar-refractivity contribution in [2.45, 2.75) is 65.4 Å². The summed E-state index contributed by atoms with van der Waals surface area (Å²) in [5.41, 5.74) is 1.11. The van der Waals surface area contributed by atoms with Crippen LogP contribution < -0.4 is 0 Å². The Morgan fingerprint density at radius 2 is 1.57 bits per heavy atom. The van der Waals surface area contributed by atoms with Crippen LogP contribution in [0.2, 0.25) is 0 Å². The Morgan fingerprint density at radius 3 is 2.07 bits per heavy atom. The molecule has 4 nitrogen and oxygen atoms in total. The van der Waals surface area contributed by atoms with Gasteiger partial charge in [0.1, 0.15) is 0 Å². The average Bonchev–Trinajstić information content (AvgIpc) is 3.46. The summed E-state index contributed by atoms with van der Waals surface area (Å²) >= 11 is 0. The molecule has 1 N–H and O–H groups in total. The molecule has 3 rings (SSSR count). The molecule has 0 saturated heterocycles. The van der Waals surface area contributed by atoms with E-state index >= 15 is 0 Å². The largest absolute Gasteiger partial charge is 0.504 e. The van der Waals surface area contributed by atoms with Crippen LogP contribution in [-0.2, 0) is 14.3 Å². The summed E-state index contributed by atoms with van der Waals surface area (Å²) in [5, 5.41) is 10.8. The summed E-state index contributed by atoms with van der Waals surface area (Å²) in [6.45, 7) is 8.40. The molecule has 2 aliphatic rings. The number of cyclic esters (lactones) is 1. The highest BCUT2D eigenvalue weighted by atomic mass is 16.6. The zero-order valence-corrected chi connectivity index (χ0v) is 17.4. The highest BCUT2D eigenvalue weighted by Gasteiger charge is 2.47. The third-order valence-corrected chi connectivity index (χ3v) is 5.74. The molecule has 152 valence electrons. The van der Waals surface area contributed by atoms with Crippen molar-refractivity contribution in [3.05, 3.63) is 47.2 Å². The molecule has 1 aliphatic heterocycles. The van der Waals surface area contributed by atoms with Crippen molar-refractivity contribution in [3.63, 3.8) is 0 Å². The summed E-state index contributed by atoms with van der Waals surface area (Å²) in [4.78, 5) is 26.1. The van der Waals surface area contributed by atoms with E-state index in [1.54, 1.807) is 0 Å². The Balaban J connectivity index is 1.94. The number of hydrogen-bond acceptors (Lipinski definition) is 4. The van der Waals surface area contributed by atoms with Gasteiger partial charge in [0, 0.05) is 11.8 Å². The van der Waals surface area contributed by atoms with Gasteiger partial charge in [-0.15, -0.1) is 0 Å². The van der Waals surface area contributed by atoms with Crippen molar-refractivity contribution in [1.82, 2.24) is 0 Å². The molecular formula is C24H32O4. The van der Waals surface area contributed by atoms with Crippen molar-refractivity contribution in [1.29, 1.82) is 0 Å². The first-order chi connectivity index (χ1) is 13.3. The quantitative estimate of drug-likeness (QED) is 0.626. The van der Waals surface area contributed by atoms with Crippen molar-refractivity contribution < 1.29 is 19.4 Å². The fourth-order valence-electron chi connectivity index (χ4n) is 4.50. The molecule has 4 heteroatoms. The average molecular weight is 385 g/mol. The molecule has 1 saturated carbocycles. The van der Waals surface area contributed by atoms with Gasteiger partial charge in [0.15, 0.2) is 11.9 Å². The van der Waals surface area contributed by atoms with Crippen LogP contribution in [0.25, 0.3) is 0 Å². The SMILES string of the molecule is CC(C)CC(CC(C)C)C1OC(=O)C(C(c2ccccc2)C2CC2)=C(O)C1=O. The number of aliphatic hydroxyl groups is 1. The zero-order chi connectivity index (χ0) is 20.4. The summed E-state index contributed by atoms with van der Waals surface area (Å²) in [7, 11) is 0. The molecule has 1 aromatic rings. The Kier molecular flexibility index (Phi) is 6.26. The van der Waals surface area contributed by atoms with Gasteiger partial charge in [-0.05, 0) is 49.0 Å². The second kappa shape index (κ2) is 8.50. The summed E-state index contributed by atoms with van der Waals surface area (Å²) < 4.78 is 5.72. The maximum absolute atomic E-state index is 13.1. The second-order valence-electron chi connectivity index (χ2n) is 9.20. The highest BCUT2D eigenvalue weighted by molar-refractivity contribution is 6.09. The van der Waals surface area contributed by atoms with Crippen molar-refractivity contribution in [2.75, 3.05) is 0 Å². The molecule has 28 heavy (non-hydrogen) atoms. The molecular weight excluding hydrogens is 352 g/mol. The molecule has 0 amide bonds. The topological polar surface area (TPSA) is 63.6 Å². The normalized spacial score (nSPS) is 21.6. The van der Waals surface area contributed by atoms with E-state index < -0.39 is 17.9 Å². The molecule has 0 bridgehead atoms. The number of aliphatic hydroxyl groups excluding tert-OH is 1. The molecule has 0 aromatic heterocycles. The minimum atomic E-state index is -0.878. The van der Waals surface area contributed by atoms with E-state index in [9.17, 15) is 14.7 Å². The van der Waals surface area contributed by atoms with Crippen molar-refractivity contribution in [3.8, 4) is 0 Å². The Hall–Kier alpha value is -2.10. The van der Waals surface area contributed by atoms with E-state index in [2.05, 4.69) is 27.7 Å². The first-order valence-electron chi connectivity index (χ1n) is 10.5. The van der Waals surface area contributed by atoms with Crippen LogP contribution in [-0.4, -0.2) is 23.0 Å². The minimum absolute atomic E-state index is 0.0729. The smallest absolute Gasteiger partial charge is 0.339 e. The van der Waals surface area contributed by atoms with Crippen LogP contribution in [0.4, 0.5) is 0 Å². The molecule has 1 aliphatic carbocycles. The van der Waals surface area contributed by atoms with Gasteiger partial charge >= 0.3 is 5.97 Å². The standard InChI is InChI=1S/C24H32O4/c1-14(2)12-18(13-15(3)4)23-22(26)21(25)20(24(27)28-23)19(17-10-11-17)16-8-6-5-7-9-16/h5-9,14-15,17-19,23,25H,10-13H2,1-4H3. The molecule has 1 aromatic carbocycles. The Morgan fingerprint density at radius 1 is 1.00 bits per heavy atom. The van der Waals surface area contributed by atoms with Gasteiger partial charge in [0.25, 0.3) is 0 Å². The first-order valence-corrected chi connectivity index (χ1v) is 10.5. The lowest BCUT2D eigenvalue weighted by atomic mass is 9.79.